The average Bonchev–Trinajstić information content (AvgIpc) is 3.13. The van der Waals surface area contributed by atoms with E-state index >= 15 is 0 Å². The quantitative estimate of drug-likeness (QED) is 0.853. The van der Waals surface area contributed by atoms with Crippen molar-refractivity contribution in [2.45, 2.75) is 25.4 Å². The summed E-state index contributed by atoms with van der Waals surface area (Å²) in [6, 6.07) is 5.76. The molecule has 1 heterocycles. The summed E-state index contributed by atoms with van der Waals surface area (Å²) in [6.45, 7) is 6.10. The smallest absolute Gasteiger partial charge is 0.231 e. The second kappa shape index (κ2) is 5.63. The van der Waals surface area contributed by atoms with Crippen LogP contribution in [0.5, 0.6) is 11.5 Å². The fourth-order valence-electron chi connectivity index (χ4n) is 4.77. The Kier molecular flexibility index (Phi) is 3.65. The van der Waals surface area contributed by atoms with Gasteiger partial charge in [0.2, 0.25) is 6.79 Å². The summed E-state index contributed by atoms with van der Waals surface area (Å²) in [5, 5.41) is 10.8. The molecule has 3 aliphatic rings. The summed E-state index contributed by atoms with van der Waals surface area (Å²) in [7, 11) is 1.53. The van der Waals surface area contributed by atoms with E-state index in [1.54, 1.807) is 6.08 Å². The maximum atomic E-state index is 13.2. The van der Waals surface area contributed by atoms with Gasteiger partial charge in [-0.3, -0.25) is 4.79 Å². The van der Waals surface area contributed by atoms with Crippen LogP contribution in [0.2, 0.25) is 0 Å². The van der Waals surface area contributed by atoms with Gasteiger partial charge in [0.05, 0.1) is 18.4 Å². The molecule has 5 heteroatoms. The first kappa shape index (κ1) is 16.2. The van der Waals surface area contributed by atoms with Crippen molar-refractivity contribution in [3.63, 3.8) is 0 Å². The van der Waals surface area contributed by atoms with Gasteiger partial charge >= 0.3 is 0 Å². The third-order valence-electron chi connectivity index (χ3n) is 6.03. The van der Waals surface area contributed by atoms with Crippen LogP contribution in [-0.4, -0.2) is 30.9 Å². The van der Waals surface area contributed by atoms with E-state index < -0.39 is 17.4 Å². The topological polar surface area (TPSA) is 65.0 Å². The highest BCUT2D eigenvalue weighted by atomic mass is 16.7. The second-order valence-corrected chi connectivity index (χ2v) is 7.05. The molecule has 5 nitrogen and oxygen atoms in total. The standard InChI is InChI=1S/C20H22O5/c1-4-7-20-9-15(23-3)18(21)17(19(20)22)16(11(20)2)12-5-6-13-14(8-12)25-10-24-13/h4-6,8-9,11,16-18,21H,1,7,10H2,2-3H3/t11-,16+,17-,18-,20-/m0/s1. The monoisotopic (exact) mass is 342 g/mol. The summed E-state index contributed by atoms with van der Waals surface area (Å²) in [5.74, 6) is 1.28. The minimum Gasteiger partial charge on any atom is -0.499 e. The molecule has 2 bridgehead atoms. The number of ketones is 1. The van der Waals surface area contributed by atoms with Crippen LogP contribution in [0, 0.1) is 17.3 Å². The molecule has 5 atom stereocenters. The Morgan fingerprint density at radius 3 is 2.84 bits per heavy atom. The van der Waals surface area contributed by atoms with Gasteiger partial charge in [0.15, 0.2) is 11.5 Å². The molecule has 1 aromatic carbocycles. The highest BCUT2D eigenvalue weighted by Crippen LogP contribution is 2.60. The number of fused-ring (bicyclic) bond motifs is 3. The highest BCUT2D eigenvalue weighted by Gasteiger charge is 2.62. The summed E-state index contributed by atoms with van der Waals surface area (Å²) < 4.78 is 16.3. The lowest BCUT2D eigenvalue weighted by molar-refractivity contribution is -0.132. The van der Waals surface area contributed by atoms with Crippen molar-refractivity contribution < 1.29 is 24.1 Å². The number of aliphatic hydroxyl groups is 1. The zero-order valence-corrected chi connectivity index (χ0v) is 14.4. The van der Waals surface area contributed by atoms with Crippen LogP contribution >= 0.6 is 0 Å². The molecule has 0 aromatic heterocycles. The Labute approximate surface area is 146 Å². The molecule has 1 fully saturated rings. The maximum absolute atomic E-state index is 13.2. The fourth-order valence-corrected chi connectivity index (χ4v) is 4.77. The van der Waals surface area contributed by atoms with Crippen molar-refractivity contribution >= 4 is 5.78 Å². The first-order valence-electron chi connectivity index (χ1n) is 8.53. The molecule has 0 amide bonds. The van der Waals surface area contributed by atoms with Crippen molar-refractivity contribution in [3.8, 4) is 11.5 Å². The average molecular weight is 342 g/mol. The predicted molar refractivity (Wildman–Crippen MR) is 91.3 cm³/mol. The molecule has 25 heavy (non-hydrogen) atoms. The summed E-state index contributed by atoms with van der Waals surface area (Å²) in [5.41, 5.74) is 0.295. The second-order valence-electron chi connectivity index (χ2n) is 7.05. The number of carbonyl (C=O) groups is 1. The zero-order chi connectivity index (χ0) is 17.8. The summed E-state index contributed by atoms with van der Waals surface area (Å²) in [4.78, 5) is 13.2. The van der Waals surface area contributed by atoms with E-state index in [0.717, 1.165) is 5.56 Å². The van der Waals surface area contributed by atoms with Crippen LogP contribution in [0.15, 0.2) is 42.7 Å². The first-order chi connectivity index (χ1) is 12.0. The number of Topliss-reactive ketones (excluding diaryl/α,β-unsaturated/α-hetero) is 1. The number of rotatable bonds is 4. The number of hydrogen-bond donors (Lipinski definition) is 1. The van der Waals surface area contributed by atoms with E-state index in [-0.39, 0.29) is 24.4 Å². The number of methoxy groups -OCH3 is 1. The molecule has 0 unspecified atom stereocenters. The highest BCUT2D eigenvalue weighted by molar-refractivity contribution is 5.95. The Hall–Kier alpha value is -2.27. The number of carbonyl (C=O) groups excluding carboxylic acids is 1. The van der Waals surface area contributed by atoms with E-state index in [1.807, 2.05) is 24.3 Å². The van der Waals surface area contributed by atoms with E-state index in [0.29, 0.717) is 23.7 Å². The molecule has 0 spiro atoms. The minimum atomic E-state index is -0.934. The predicted octanol–water partition coefficient (Wildman–Crippen LogP) is 2.80. The van der Waals surface area contributed by atoms with Crippen LogP contribution in [0.4, 0.5) is 0 Å². The first-order valence-corrected chi connectivity index (χ1v) is 8.53. The van der Waals surface area contributed by atoms with Crippen molar-refractivity contribution in [2.75, 3.05) is 13.9 Å². The Bertz CT molecular complexity index is 767. The van der Waals surface area contributed by atoms with Gasteiger partial charge in [-0.2, -0.15) is 0 Å². The zero-order valence-electron chi connectivity index (χ0n) is 14.4. The maximum Gasteiger partial charge on any atom is 0.231 e. The lowest BCUT2D eigenvalue weighted by Gasteiger charge is -2.33. The number of aliphatic hydroxyl groups excluding tert-OH is 1. The van der Waals surface area contributed by atoms with Crippen molar-refractivity contribution in [2.24, 2.45) is 17.3 Å². The number of ether oxygens (including phenoxy) is 3. The third kappa shape index (κ3) is 2.08. The molecule has 0 saturated heterocycles. The molecule has 132 valence electrons. The molecule has 4 rings (SSSR count). The minimum absolute atomic E-state index is 0.00525. The normalized spacial score (nSPS) is 35.5. The number of hydrogen-bond acceptors (Lipinski definition) is 5. The summed E-state index contributed by atoms with van der Waals surface area (Å²) in [6.07, 6.45) is 3.19. The summed E-state index contributed by atoms with van der Waals surface area (Å²) >= 11 is 0. The van der Waals surface area contributed by atoms with Crippen LogP contribution in [0.1, 0.15) is 24.8 Å². The third-order valence-corrected chi connectivity index (χ3v) is 6.03. The van der Waals surface area contributed by atoms with E-state index in [9.17, 15) is 9.90 Å². The molecule has 1 N–H and O–H groups in total. The van der Waals surface area contributed by atoms with Crippen molar-refractivity contribution in [3.05, 3.63) is 48.3 Å². The SMILES string of the molecule is C=CC[C@@]12C=C(OC)[C@H](O)[C@@H](C1=O)[C@@H](c1ccc3c(c1)OCO3)[C@@H]2C. The molecule has 1 aliphatic heterocycles. The van der Waals surface area contributed by atoms with Crippen LogP contribution in [0.3, 0.4) is 0 Å². The van der Waals surface area contributed by atoms with E-state index in [4.69, 9.17) is 14.2 Å². The van der Waals surface area contributed by atoms with Crippen molar-refractivity contribution in [1.29, 1.82) is 0 Å². The Balaban J connectivity index is 1.83. The van der Waals surface area contributed by atoms with Crippen LogP contribution in [0.25, 0.3) is 0 Å². The van der Waals surface area contributed by atoms with Crippen LogP contribution in [-0.2, 0) is 9.53 Å². The molecule has 2 aliphatic carbocycles. The van der Waals surface area contributed by atoms with Crippen LogP contribution < -0.4 is 9.47 Å². The van der Waals surface area contributed by atoms with Gasteiger partial charge < -0.3 is 19.3 Å². The Morgan fingerprint density at radius 2 is 2.12 bits per heavy atom. The van der Waals surface area contributed by atoms with Gasteiger partial charge in [0.25, 0.3) is 0 Å². The van der Waals surface area contributed by atoms with Gasteiger partial charge in [-0.15, -0.1) is 6.58 Å². The van der Waals surface area contributed by atoms with E-state index in [1.165, 1.54) is 7.11 Å². The van der Waals surface area contributed by atoms with Gasteiger partial charge in [-0.25, -0.2) is 0 Å². The van der Waals surface area contributed by atoms with Gasteiger partial charge in [-0.05, 0) is 36.1 Å². The molecule has 1 saturated carbocycles. The van der Waals surface area contributed by atoms with E-state index in [2.05, 4.69) is 13.5 Å². The lowest BCUT2D eigenvalue weighted by Crippen LogP contribution is -2.40. The van der Waals surface area contributed by atoms with Gasteiger partial charge in [0.1, 0.15) is 17.6 Å². The van der Waals surface area contributed by atoms with Gasteiger partial charge in [-0.1, -0.05) is 19.1 Å². The molecular weight excluding hydrogens is 320 g/mol. The Morgan fingerprint density at radius 1 is 1.36 bits per heavy atom. The lowest BCUT2D eigenvalue weighted by atomic mass is 9.71. The molecule has 1 aromatic rings. The number of allylic oxidation sites excluding steroid dienone is 2. The largest absolute Gasteiger partial charge is 0.499 e. The van der Waals surface area contributed by atoms with Gasteiger partial charge in [0, 0.05) is 5.92 Å². The molecular formula is C20H22O5. The fraction of sp³-hybridized carbons (Fsp3) is 0.450. The van der Waals surface area contributed by atoms with Crippen molar-refractivity contribution in [1.82, 2.24) is 0 Å². The molecule has 0 radical (unpaired) electrons. The number of benzene rings is 1.